The second-order valence-corrected chi connectivity index (χ2v) is 7.50. The molecular weight excluding hydrogens is 318 g/mol. The molecule has 0 saturated carbocycles. The van der Waals surface area contributed by atoms with Crippen molar-refractivity contribution in [2.75, 3.05) is 5.32 Å². The van der Waals surface area contributed by atoms with Gasteiger partial charge in [-0.1, -0.05) is 69.3 Å². The number of benzene rings is 3. The maximum Gasteiger partial charge on any atom is 0.221 e. The summed E-state index contributed by atoms with van der Waals surface area (Å²) in [4.78, 5) is 11.1. The topological polar surface area (TPSA) is 29.1 Å². The third-order valence-corrected chi connectivity index (χ3v) is 4.94. The number of amides is 1. The van der Waals surface area contributed by atoms with Crippen LogP contribution in [0.4, 0.5) is 5.69 Å². The molecule has 2 nitrogen and oxygen atoms in total. The summed E-state index contributed by atoms with van der Waals surface area (Å²) in [6.45, 7) is 8.24. The zero-order valence-corrected chi connectivity index (χ0v) is 16.0. The van der Waals surface area contributed by atoms with Crippen LogP contribution in [-0.2, 0) is 11.2 Å². The van der Waals surface area contributed by atoms with Crippen LogP contribution in [0.2, 0.25) is 0 Å². The Balaban J connectivity index is 1.75. The SMILES string of the molecule is CC(=O)Nc1ccc(C(C)Cc2ccc3cc(C(C)C)ccc3c2)cc1. The third kappa shape index (κ3) is 4.32. The number of nitrogens with one attached hydrogen (secondary N) is 1. The first-order valence-corrected chi connectivity index (χ1v) is 9.32. The summed E-state index contributed by atoms with van der Waals surface area (Å²) < 4.78 is 0. The van der Waals surface area contributed by atoms with E-state index in [0.29, 0.717) is 11.8 Å². The molecule has 0 aliphatic heterocycles. The summed E-state index contributed by atoms with van der Waals surface area (Å²) in [6.07, 6.45) is 1.00. The average molecular weight is 345 g/mol. The van der Waals surface area contributed by atoms with Gasteiger partial charge in [-0.15, -0.1) is 0 Å². The van der Waals surface area contributed by atoms with E-state index < -0.39 is 0 Å². The predicted octanol–water partition coefficient (Wildman–Crippen LogP) is 6.27. The van der Waals surface area contributed by atoms with Crippen molar-refractivity contribution in [2.45, 2.75) is 46.0 Å². The van der Waals surface area contributed by atoms with Gasteiger partial charge in [0.2, 0.25) is 5.91 Å². The number of rotatable bonds is 5. The number of carbonyl (C=O) groups excluding carboxylic acids is 1. The number of hydrogen-bond acceptors (Lipinski definition) is 1. The van der Waals surface area contributed by atoms with Crippen LogP contribution in [0, 0.1) is 0 Å². The normalized spacial score (nSPS) is 12.3. The van der Waals surface area contributed by atoms with Gasteiger partial charge in [0.25, 0.3) is 0 Å². The van der Waals surface area contributed by atoms with Gasteiger partial charge >= 0.3 is 0 Å². The van der Waals surface area contributed by atoms with Crippen molar-refractivity contribution in [3.8, 4) is 0 Å². The molecule has 0 fully saturated rings. The van der Waals surface area contributed by atoms with Crippen molar-refractivity contribution in [3.05, 3.63) is 77.4 Å². The van der Waals surface area contributed by atoms with Crippen molar-refractivity contribution >= 4 is 22.4 Å². The largest absolute Gasteiger partial charge is 0.326 e. The van der Waals surface area contributed by atoms with E-state index >= 15 is 0 Å². The van der Waals surface area contributed by atoms with Crippen LogP contribution in [0.5, 0.6) is 0 Å². The van der Waals surface area contributed by atoms with Crippen LogP contribution in [0.1, 0.15) is 56.2 Å². The van der Waals surface area contributed by atoms with Crippen LogP contribution in [0.15, 0.2) is 60.7 Å². The zero-order chi connectivity index (χ0) is 18.7. The van der Waals surface area contributed by atoms with Crippen molar-refractivity contribution in [3.63, 3.8) is 0 Å². The molecule has 0 radical (unpaired) electrons. The van der Waals surface area contributed by atoms with Gasteiger partial charge in [-0.05, 0) is 57.9 Å². The van der Waals surface area contributed by atoms with Crippen molar-refractivity contribution < 1.29 is 4.79 Å². The maximum absolute atomic E-state index is 11.1. The minimum absolute atomic E-state index is 0.0393. The van der Waals surface area contributed by atoms with Gasteiger partial charge in [0.15, 0.2) is 0 Å². The summed E-state index contributed by atoms with van der Waals surface area (Å²) in [7, 11) is 0. The van der Waals surface area contributed by atoms with Crippen molar-refractivity contribution in [1.29, 1.82) is 0 Å². The van der Waals surface area contributed by atoms with E-state index in [1.807, 2.05) is 12.1 Å². The van der Waals surface area contributed by atoms with E-state index in [1.165, 1.54) is 34.4 Å². The summed E-state index contributed by atoms with van der Waals surface area (Å²) in [5.74, 6) is 0.941. The van der Waals surface area contributed by atoms with Gasteiger partial charge in [-0.2, -0.15) is 0 Å². The second-order valence-electron chi connectivity index (χ2n) is 7.50. The number of anilines is 1. The molecule has 26 heavy (non-hydrogen) atoms. The Labute approximate surface area is 156 Å². The minimum Gasteiger partial charge on any atom is -0.326 e. The first-order valence-electron chi connectivity index (χ1n) is 9.32. The molecule has 0 spiro atoms. The highest BCUT2D eigenvalue weighted by molar-refractivity contribution is 5.88. The Morgan fingerprint density at radius 1 is 0.846 bits per heavy atom. The molecule has 0 aliphatic carbocycles. The summed E-state index contributed by atoms with van der Waals surface area (Å²) in [6, 6.07) is 21.7. The average Bonchev–Trinajstić information content (AvgIpc) is 2.61. The molecule has 0 aliphatic rings. The molecule has 1 unspecified atom stereocenters. The Bertz CT molecular complexity index is 909. The Morgan fingerprint density at radius 3 is 2.12 bits per heavy atom. The molecule has 3 aromatic rings. The molecule has 0 bridgehead atoms. The van der Waals surface area contributed by atoms with E-state index in [2.05, 4.69) is 74.6 Å². The van der Waals surface area contributed by atoms with Gasteiger partial charge in [0.1, 0.15) is 0 Å². The highest BCUT2D eigenvalue weighted by Crippen LogP contribution is 2.26. The molecule has 3 rings (SSSR count). The highest BCUT2D eigenvalue weighted by Gasteiger charge is 2.08. The van der Waals surface area contributed by atoms with Gasteiger partial charge in [0, 0.05) is 12.6 Å². The summed E-state index contributed by atoms with van der Waals surface area (Å²) in [5.41, 5.74) is 4.88. The minimum atomic E-state index is -0.0393. The highest BCUT2D eigenvalue weighted by atomic mass is 16.1. The Kier molecular flexibility index (Phi) is 5.41. The maximum atomic E-state index is 11.1. The summed E-state index contributed by atoms with van der Waals surface area (Å²) >= 11 is 0. The molecule has 0 heterocycles. The predicted molar refractivity (Wildman–Crippen MR) is 111 cm³/mol. The second kappa shape index (κ2) is 7.74. The fraction of sp³-hybridized carbons (Fsp3) is 0.292. The fourth-order valence-electron chi connectivity index (χ4n) is 3.37. The molecule has 2 heteroatoms. The van der Waals surface area contributed by atoms with Gasteiger partial charge < -0.3 is 5.32 Å². The lowest BCUT2D eigenvalue weighted by Crippen LogP contribution is -2.06. The van der Waals surface area contributed by atoms with Gasteiger partial charge in [0.05, 0.1) is 0 Å². The first kappa shape index (κ1) is 18.2. The van der Waals surface area contributed by atoms with Gasteiger partial charge in [-0.3, -0.25) is 4.79 Å². The van der Waals surface area contributed by atoms with Crippen LogP contribution in [0.3, 0.4) is 0 Å². The van der Waals surface area contributed by atoms with E-state index in [1.54, 1.807) is 0 Å². The van der Waals surface area contributed by atoms with E-state index in [4.69, 9.17) is 0 Å². The molecule has 0 aromatic heterocycles. The van der Waals surface area contributed by atoms with Crippen LogP contribution >= 0.6 is 0 Å². The molecule has 1 N–H and O–H groups in total. The van der Waals surface area contributed by atoms with E-state index in [9.17, 15) is 4.79 Å². The zero-order valence-electron chi connectivity index (χ0n) is 16.0. The first-order chi connectivity index (χ1) is 12.4. The fourth-order valence-corrected chi connectivity index (χ4v) is 3.37. The smallest absolute Gasteiger partial charge is 0.221 e. The molecule has 1 amide bonds. The lowest BCUT2D eigenvalue weighted by Gasteiger charge is -2.14. The molecular formula is C24H27NO. The number of carbonyl (C=O) groups is 1. The van der Waals surface area contributed by atoms with E-state index in [0.717, 1.165) is 12.1 Å². The van der Waals surface area contributed by atoms with Gasteiger partial charge in [-0.25, -0.2) is 0 Å². The van der Waals surface area contributed by atoms with Crippen LogP contribution < -0.4 is 5.32 Å². The quantitative estimate of drug-likeness (QED) is 0.580. The monoisotopic (exact) mass is 345 g/mol. The lowest BCUT2D eigenvalue weighted by molar-refractivity contribution is -0.114. The number of fused-ring (bicyclic) bond motifs is 1. The molecule has 134 valence electrons. The molecule has 3 aromatic carbocycles. The van der Waals surface area contributed by atoms with Crippen molar-refractivity contribution in [2.24, 2.45) is 0 Å². The third-order valence-electron chi connectivity index (χ3n) is 4.94. The lowest BCUT2D eigenvalue weighted by atomic mass is 9.92. The summed E-state index contributed by atoms with van der Waals surface area (Å²) in [5, 5.41) is 5.43. The Hall–Kier alpha value is -2.61. The molecule has 0 saturated heterocycles. The van der Waals surface area contributed by atoms with E-state index in [-0.39, 0.29) is 5.91 Å². The van der Waals surface area contributed by atoms with Crippen LogP contribution in [0.25, 0.3) is 10.8 Å². The Morgan fingerprint density at radius 2 is 1.46 bits per heavy atom. The number of hydrogen-bond donors (Lipinski definition) is 1. The van der Waals surface area contributed by atoms with Crippen molar-refractivity contribution in [1.82, 2.24) is 0 Å². The molecule has 1 atom stereocenters. The van der Waals surface area contributed by atoms with Crippen LogP contribution in [-0.4, -0.2) is 5.91 Å². The standard InChI is InChI=1S/C24H27NO/c1-16(2)21-7-8-22-14-19(5-6-23(22)15-21)13-17(3)20-9-11-24(12-10-20)25-18(4)26/h5-12,14-17H,13H2,1-4H3,(H,25,26).